The number of cyclic esters (lactones) is 1. The van der Waals surface area contributed by atoms with Crippen LogP contribution in [-0.4, -0.2) is 28.5 Å². The van der Waals surface area contributed by atoms with Gasteiger partial charge in [-0.1, -0.05) is 0 Å². The zero-order chi connectivity index (χ0) is 12.3. The Kier molecular flexibility index (Phi) is 3.17. The number of aromatic nitrogens is 1. The minimum absolute atomic E-state index is 0.0863. The van der Waals surface area contributed by atoms with Crippen LogP contribution in [0.15, 0.2) is 18.3 Å². The van der Waals surface area contributed by atoms with Gasteiger partial charge in [-0.15, -0.1) is 0 Å². The lowest BCUT2D eigenvalue weighted by Gasteiger charge is -2.10. The number of carbonyl (C=O) groups excluding carboxylic acids is 1. The van der Waals surface area contributed by atoms with Crippen LogP contribution in [0, 0.1) is 10.1 Å². The van der Waals surface area contributed by atoms with Crippen molar-refractivity contribution < 1.29 is 14.5 Å². The summed E-state index contributed by atoms with van der Waals surface area (Å²) in [4.78, 5) is 25.0. The number of rotatable bonds is 4. The minimum Gasteiger partial charge on any atom is -0.460 e. The van der Waals surface area contributed by atoms with Crippen molar-refractivity contribution in [1.29, 1.82) is 0 Å². The third kappa shape index (κ3) is 2.68. The molecule has 2 rings (SSSR count). The summed E-state index contributed by atoms with van der Waals surface area (Å²) in [6.45, 7) is 0.337. The van der Waals surface area contributed by atoms with Crippen LogP contribution < -0.4 is 5.32 Å². The molecule has 7 nitrogen and oxygen atoms in total. The van der Waals surface area contributed by atoms with Crippen LogP contribution in [0.1, 0.15) is 12.8 Å². The van der Waals surface area contributed by atoms with Crippen LogP contribution in [0.5, 0.6) is 0 Å². The molecule has 0 aliphatic carbocycles. The van der Waals surface area contributed by atoms with Gasteiger partial charge in [-0.3, -0.25) is 14.9 Å². The highest BCUT2D eigenvalue weighted by molar-refractivity contribution is 5.71. The van der Waals surface area contributed by atoms with E-state index in [2.05, 4.69) is 10.3 Å². The molecule has 1 saturated heterocycles. The van der Waals surface area contributed by atoms with Crippen molar-refractivity contribution in [3.05, 3.63) is 28.4 Å². The second-order valence-electron chi connectivity index (χ2n) is 3.66. The molecule has 0 amide bonds. The Morgan fingerprint density at radius 3 is 3.12 bits per heavy atom. The number of hydrogen-bond acceptors (Lipinski definition) is 6. The molecule has 1 N–H and O–H groups in total. The van der Waals surface area contributed by atoms with Crippen LogP contribution >= 0.6 is 0 Å². The number of nitro groups is 1. The molecule has 2 heterocycles. The maximum atomic E-state index is 10.9. The Balaban J connectivity index is 1.99. The number of carbonyl (C=O) groups is 1. The normalized spacial score (nSPS) is 18.8. The quantitative estimate of drug-likeness (QED) is 0.478. The highest BCUT2D eigenvalue weighted by Gasteiger charge is 2.24. The average molecular weight is 237 g/mol. The zero-order valence-electron chi connectivity index (χ0n) is 8.96. The van der Waals surface area contributed by atoms with Gasteiger partial charge in [0, 0.05) is 18.7 Å². The summed E-state index contributed by atoms with van der Waals surface area (Å²) in [5.41, 5.74) is -0.0863. The molecular formula is C10H11N3O4. The molecule has 1 aliphatic rings. The maximum absolute atomic E-state index is 10.9. The Hall–Kier alpha value is -2.18. The van der Waals surface area contributed by atoms with Gasteiger partial charge < -0.3 is 10.1 Å². The van der Waals surface area contributed by atoms with E-state index in [1.807, 2.05) is 0 Å². The molecule has 0 radical (unpaired) electrons. The predicted molar refractivity (Wildman–Crippen MR) is 58.5 cm³/mol. The number of hydrogen-bond donors (Lipinski definition) is 1. The van der Waals surface area contributed by atoms with E-state index in [9.17, 15) is 14.9 Å². The van der Waals surface area contributed by atoms with Gasteiger partial charge in [0.15, 0.2) is 0 Å². The number of ether oxygens (including phenoxy) is 1. The van der Waals surface area contributed by atoms with Gasteiger partial charge in [-0.05, 0) is 12.5 Å². The highest BCUT2D eigenvalue weighted by Crippen LogP contribution is 2.21. The molecule has 0 aromatic carbocycles. The molecule has 0 bridgehead atoms. The fourth-order valence-corrected chi connectivity index (χ4v) is 1.62. The lowest BCUT2D eigenvalue weighted by molar-refractivity contribution is -0.384. The summed E-state index contributed by atoms with van der Waals surface area (Å²) >= 11 is 0. The van der Waals surface area contributed by atoms with Crippen molar-refractivity contribution in [2.75, 3.05) is 11.9 Å². The van der Waals surface area contributed by atoms with E-state index in [0.29, 0.717) is 19.4 Å². The Bertz CT molecular complexity index is 449. The summed E-state index contributed by atoms with van der Waals surface area (Å²) in [6.07, 6.45) is 2.27. The molecule has 1 aliphatic heterocycles. The van der Waals surface area contributed by atoms with Gasteiger partial charge in [-0.2, -0.15) is 0 Å². The Morgan fingerprint density at radius 1 is 1.65 bits per heavy atom. The summed E-state index contributed by atoms with van der Waals surface area (Å²) in [5, 5.41) is 13.5. The van der Waals surface area contributed by atoms with E-state index in [0.717, 1.165) is 0 Å². The first-order valence-electron chi connectivity index (χ1n) is 5.19. The van der Waals surface area contributed by atoms with Gasteiger partial charge in [0.2, 0.25) is 5.82 Å². The van der Waals surface area contributed by atoms with Crippen molar-refractivity contribution in [1.82, 2.24) is 4.98 Å². The van der Waals surface area contributed by atoms with Gasteiger partial charge in [0.05, 0.1) is 11.5 Å². The molecule has 90 valence electrons. The monoisotopic (exact) mass is 237 g/mol. The van der Waals surface area contributed by atoms with Crippen LogP contribution in [0.4, 0.5) is 11.5 Å². The average Bonchev–Trinajstić information content (AvgIpc) is 2.73. The fourth-order valence-electron chi connectivity index (χ4n) is 1.62. The lowest BCUT2D eigenvalue weighted by atomic mass is 10.2. The second kappa shape index (κ2) is 4.77. The molecule has 1 aromatic rings. The van der Waals surface area contributed by atoms with Crippen LogP contribution in [-0.2, 0) is 9.53 Å². The zero-order valence-corrected chi connectivity index (χ0v) is 8.96. The molecule has 1 atom stereocenters. The molecule has 1 unspecified atom stereocenters. The highest BCUT2D eigenvalue weighted by atomic mass is 16.6. The number of esters is 1. The van der Waals surface area contributed by atoms with Crippen molar-refractivity contribution in [3.8, 4) is 0 Å². The van der Waals surface area contributed by atoms with E-state index in [4.69, 9.17) is 4.74 Å². The number of nitrogens with one attached hydrogen (secondary N) is 1. The van der Waals surface area contributed by atoms with Crippen molar-refractivity contribution in [3.63, 3.8) is 0 Å². The van der Waals surface area contributed by atoms with E-state index in [-0.39, 0.29) is 23.6 Å². The molecule has 0 saturated carbocycles. The first kappa shape index (κ1) is 11.3. The molecule has 1 fully saturated rings. The topological polar surface area (TPSA) is 94.4 Å². The Labute approximate surface area is 96.9 Å². The van der Waals surface area contributed by atoms with Gasteiger partial charge in [-0.25, -0.2) is 4.98 Å². The largest absolute Gasteiger partial charge is 0.460 e. The standard InChI is InChI=1S/C10H11N3O4/c14-9-4-3-7(17-9)6-12-10-8(13(15)16)2-1-5-11-10/h1-2,5,7H,3-4,6H2,(H,11,12). The van der Waals surface area contributed by atoms with Crippen molar-refractivity contribution in [2.45, 2.75) is 18.9 Å². The van der Waals surface area contributed by atoms with Gasteiger partial charge in [0.25, 0.3) is 0 Å². The van der Waals surface area contributed by atoms with Crippen LogP contribution in [0.3, 0.4) is 0 Å². The molecule has 7 heteroatoms. The molecule has 1 aromatic heterocycles. The third-order valence-electron chi connectivity index (χ3n) is 2.45. The van der Waals surface area contributed by atoms with Gasteiger partial charge in [0.1, 0.15) is 6.10 Å². The first-order chi connectivity index (χ1) is 8.16. The lowest BCUT2D eigenvalue weighted by Crippen LogP contribution is -2.20. The predicted octanol–water partition coefficient (Wildman–Crippen LogP) is 1.11. The third-order valence-corrected chi connectivity index (χ3v) is 2.45. The molecular weight excluding hydrogens is 226 g/mol. The van der Waals surface area contributed by atoms with E-state index < -0.39 is 4.92 Å². The number of pyridine rings is 1. The van der Waals surface area contributed by atoms with Crippen LogP contribution in [0.25, 0.3) is 0 Å². The van der Waals surface area contributed by atoms with E-state index in [1.165, 1.54) is 18.3 Å². The number of nitrogens with zero attached hydrogens (tertiary/aromatic N) is 2. The summed E-state index contributed by atoms with van der Waals surface area (Å²) in [6, 6.07) is 2.87. The molecule has 17 heavy (non-hydrogen) atoms. The summed E-state index contributed by atoms with van der Waals surface area (Å²) < 4.78 is 4.98. The maximum Gasteiger partial charge on any atom is 0.311 e. The minimum atomic E-state index is -0.504. The first-order valence-corrected chi connectivity index (χ1v) is 5.19. The smallest absolute Gasteiger partial charge is 0.311 e. The molecule has 0 spiro atoms. The van der Waals surface area contributed by atoms with Gasteiger partial charge >= 0.3 is 11.7 Å². The van der Waals surface area contributed by atoms with Crippen molar-refractivity contribution >= 4 is 17.5 Å². The fraction of sp³-hybridized carbons (Fsp3) is 0.400. The van der Waals surface area contributed by atoms with Crippen molar-refractivity contribution in [2.24, 2.45) is 0 Å². The van der Waals surface area contributed by atoms with Crippen LogP contribution in [0.2, 0.25) is 0 Å². The van der Waals surface area contributed by atoms with E-state index in [1.54, 1.807) is 0 Å². The Morgan fingerprint density at radius 2 is 2.47 bits per heavy atom. The summed E-state index contributed by atoms with van der Waals surface area (Å²) in [7, 11) is 0. The number of anilines is 1. The SMILES string of the molecule is O=C1CCC(CNc2ncccc2[N+](=O)[O-])O1. The second-order valence-corrected chi connectivity index (χ2v) is 3.66. The van der Waals surface area contributed by atoms with E-state index >= 15 is 0 Å². The summed E-state index contributed by atoms with van der Waals surface area (Å²) in [5.74, 6) is -0.0345.